The van der Waals surface area contributed by atoms with E-state index in [-0.39, 0.29) is 12.0 Å². The van der Waals surface area contributed by atoms with Crippen LogP contribution in [0.4, 0.5) is 0 Å². The van der Waals surface area contributed by atoms with Gasteiger partial charge in [-0.1, -0.05) is 6.08 Å². The summed E-state index contributed by atoms with van der Waals surface area (Å²) in [6.45, 7) is 4.97. The van der Waals surface area contributed by atoms with Gasteiger partial charge in [-0.25, -0.2) is 4.79 Å². The Bertz CT molecular complexity index is 187. The molecule has 0 bridgehead atoms. The molecule has 0 aromatic carbocycles. The third kappa shape index (κ3) is 1.80. The quantitative estimate of drug-likeness (QED) is 0.465. The Labute approximate surface area is 66.4 Å². The molecule has 1 aliphatic rings. The van der Waals surface area contributed by atoms with E-state index in [9.17, 15) is 4.79 Å². The van der Waals surface area contributed by atoms with Gasteiger partial charge in [0, 0.05) is 6.54 Å². The molecule has 62 valence electrons. The lowest BCUT2D eigenvalue weighted by Gasteiger charge is -2.10. The zero-order valence-electron chi connectivity index (χ0n) is 6.89. The van der Waals surface area contributed by atoms with Crippen molar-refractivity contribution in [3.8, 4) is 0 Å². The molecule has 1 unspecified atom stereocenters. The van der Waals surface area contributed by atoms with Gasteiger partial charge in [-0.05, 0) is 19.4 Å². The van der Waals surface area contributed by atoms with E-state index in [1.807, 2.05) is 19.9 Å². The van der Waals surface area contributed by atoms with Gasteiger partial charge in [0.05, 0.1) is 6.61 Å². The second-order valence-electron chi connectivity index (χ2n) is 2.54. The van der Waals surface area contributed by atoms with Gasteiger partial charge in [-0.3, -0.25) is 5.32 Å². The summed E-state index contributed by atoms with van der Waals surface area (Å²) < 4.78 is 4.85. The lowest BCUT2D eigenvalue weighted by atomic mass is 10.2. The first-order valence-corrected chi connectivity index (χ1v) is 3.82. The Morgan fingerprint density at radius 3 is 3.09 bits per heavy atom. The van der Waals surface area contributed by atoms with Gasteiger partial charge in [0.2, 0.25) is 0 Å². The number of esters is 1. The summed E-state index contributed by atoms with van der Waals surface area (Å²) in [5.74, 6) is -0.168. The van der Waals surface area contributed by atoms with Crippen LogP contribution in [0, 0.1) is 0 Å². The van der Waals surface area contributed by atoms with Gasteiger partial charge < -0.3 is 4.74 Å². The van der Waals surface area contributed by atoms with Gasteiger partial charge in [0.1, 0.15) is 6.04 Å². The highest BCUT2D eigenvalue weighted by Crippen LogP contribution is 2.08. The number of hydrogen-bond acceptors (Lipinski definition) is 3. The number of carbonyl (C=O) groups excluding carboxylic acids is 1. The van der Waals surface area contributed by atoms with E-state index in [2.05, 4.69) is 5.32 Å². The molecule has 0 saturated carbocycles. The van der Waals surface area contributed by atoms with Gasteiger partial charge in [-0.15, -0.1) is 0 Å². The largest absolute Gasteiger partial charge is 0.465 e. The minimum Gasteiger partial charge on any atom is -0.465 e. The van der Waals surface area contributed by atoms with Gasteiger partial charge >= 0.3 is 5.97 Å². The molecule has 1 atom stereocenters. The number of hydrogen-bond donors (Lipinski definition) is 1. The van der Waals surface area contributed by atoms with E-state index >= 15 is 0 Å². The van der Waals surface area contributed by atoms with Crippen molar-refractivity contribution in [2.45, 2.75) is 19.9 Å². The summed E-state index contributed by atoms with van der Waals surface area (Å²) in [6.07, 6.45) is 2.00. The van der Waals surface area contributed by atoms with Gasteiger partial charge in [0.15, 0.2) is 0 Å². The molecule has 0 saturated heterocycles. The molecule has 0 aromatic rings. The Morgan fingerprint density at radius 2 is 2.64 bits per heavy atom. The Balaban J connectivity index is 2.48. The molecule has 0 aliphatic carbocycles. The number of carbonyl (C=O) groups is 1. The molecule has 0 spiro atoms. The summed E-state index contributed by atoms with van der Waals surface area (Å²) in [7, 11) is 0. The highest BCUT2D eigenvalue weighted by molar-refractivity contribution is 5.80. The molecular formula is C8H13NO2. The number of ether oxygens (including phenoxy) is 1. The number of nitrogens with one attached hydrogen (secondary N) is 1. The first-order valence-electron chi connectivity index (χ1n) is 3.82. The SMILES string of the molecule is CCOC(=O)C1NCC=C1C. The average molecular weight is 155 g/mol. The first kappa shape index (κ1) is 8.27. The van der Waals surface area contributed by atoms with Crippen molar-refractivity contribution >= 4 is 5.97 Å². The molecule has 1 aliphatic heterocycles. The van der Waals surface area contributed by atoms with Crippen molar-refractivity contribution in [3.63, 3.8) is 0 Å². The van der Waals surface area contributed by atoms with Crippen LogP contribution in [0.2, 0.25) is 0 Å². The van der Waals surface area contributed by atoms with Crippen molar-refractivity contribution in [1.29, 1.82) is 0 Å². The normalized spacial score (nSPS) is 23.1. The maximum absolute atomic E-state index is 11.1. The third-order valence-electron chi connectivity index (χ3n) is 1.72. The van der Waals surface area contributed by atoms with E-state index in [0.717, 1.165) is 12.1 Å². The van der Waals surface area contributed by atoms with E-state index in [1.54, 1.807) is 0 Å². The summed E-state index contributed by atoms with van der Waals surface area (Å²) in [5.41, 5.74) is 1.06. The van der Waals surface area contributed by atoms with E-state index in [4.69, 9.17) is 4.74 Å². The highest BCUT2D eigenvalue weighted by Gasteiger charge is 2.23. The molecule has 0 amide bonds. The van der Waals surface area contributed by atoms with Crippen LogP contribution in [-0.2, 0) is 9.53 Å². The Hall–Kier alpha value is -0.830. The summed E-state index contributed by atoms with van der Waals surface area (Å²) in [6, 6.07) is -0.199. The second kappa shape index (κ2) is 3.53. The monoisotopic (exact) mass is 155 g/mol. The van der Waals surface area contributed by atoms with E-state index in [0.29, 0.717) is 6.61 Å². The molecule has 0 radical (unpaired) electrons. The number of rotatable bonds is 2. The minimum atomic E-state index is -0.199. The van der Waals surface area contributed by atoms with Crippen molar-refractivity contribution in [3.05, 3.63) is 11.6 Å². The van der Waals surface area contributed by atoms with Crippen LogP contribution in [0.5, 0.6) is 0 Å². The van der Waals surface area contributed by atoms with Crippen LogP contribution in [0.15, 0.2) is 11.6 Å². The van der Waals surface area contributed by atoms with E-state index < -0.39 is 0 Å². The molecule has 3 nitrogen and oxygen atoms in total. The molecule has 11 heavy (non-hydrogen) atoms. The molecule has 3 heteroatoms. The smallest absolute Gasteiger partial charge is 0.327 e. The summed E-state index contributed by atoms with van der Waals surface area (Å²) in [4.78, 5) is 11.1. The lowest BCUT2D eigenvalue weighted by molar-refractivity contribution is -0.144. The Morgan fingerprint density at radius 1 is 1.91 bits per heavy atom. The van der Waals surface area contributed by atoms with Crippen LogP contribution in [-0.4, -0.2) is 25.2 Å². The molecular weight excluding hydrogens is 142 g/mol. The van der Waals surface area contributed by atoms with Gasteiger partial charge in [-0.2, -0.15) is 0 Å². The van der Waals surface area contributed by atoms with Gasteiger partial charge in [0.25, 0.3) is 0 Å². The second-order valence-corrected chi connectivity index (χ2v) is 2.54. The lowest BCUT2D eigenvalue weighted by Crippen LogP contribution is -2.34. The predicted molar refractivity (Wildman–Crippen MR) is 42.2 cm³/mol. The molecule has 0 fully saturated rings. The van der Waals surface area contributed by atoms with Crippen molar-refractivity contribution in [2.75, 3.05) is 13.2 Å². The Kier molecular flexibility index (Phi) is 2.65. The van der Waals surface area contributed by atoms with Crippen molar-refractivity contribution in [2.24, 2.45) is 0 Å². The summed E-state index contributed by atoms with van der Waals surface area (Å²) >= 11 is 0. The summed E-state index contributed by atoms with van der Waals surface area (Å²) in [5, 5.41) is 3.02. The zero-order chi connectivity index (χ0) is 8.27. The predicted octanol–water partition coefficient (Wildman–Crippen LogP) is 0.468. The fourth-order valence-corrected chi connectivity index (χ4v) is 1.11. The maximum Gasteiger partial charge on any atom is 0.327 e. The molecule has 1 rings (SSSR count). The molecule has 1 N–H and O–H groups in total. The average Bonchev–Trinajstić information content (AvgIpc) is 2.36. The third-order valence-corrected chi connectivity index (χ3v) is 1.72. The minimum absolute atomic E-state index is 0.168. The van der Waals surface area contributed by atoms with Crippen LogP contribution in [0.3, 0.4) is 0 Å². The maximum atomic E-state index is 11.1. The van der Waals surface area contributed by atoms with Crippen LogP contribution >= 0.6 is 0 Å². The van der Waals surface area contributed by atoms with Crippen LogP contribution in [0.1, 0.15) is 13.8 Å². The topological polar surface area (TPSA) is 38.3 Å². The molecule has 1 heterocycles. The van der Waals surface area contributed by atoms with Crippen molar-refractivity contribution in [1.82, 2.24) is 5.32 Å². The fourth-order valence-electron chi connectivity index (χ4n) is 1.11. The standard InChI is InChI=1S/C8H13NO2/c1-3-11-8(10)7-6(2)4-5-9-7/h4,7,9H,3,5H2,1-2H3. The fraction of sp³-hybridized carbons (Fsp3) is 0.625. The highest BCUT2D eigenvalue weighted by atomic mass is 16.5. The van der Waals surface area contributed by atoms with Crippen molar-refractivity contribution < 1.29 is 9.53 Å². The van der Waals surface area contributed by atoms with Crippen LogP contribution < -0.4 is 5.32 Å². The first-order chi connectivity index (χ1) is 5.25. The van der Waals surface area contributed by atoms with Crippen LogP contribution in [0.25, 0.3) is 0 Å². The van der Waals surface area contributed by atoms with E-state index in [1.165, 1.54) is 0 Å². The zero-order valence-corrected chi connectivity index (χ0v) is 6.89. The molecule has 0 aromatic heterocycles.